The molecule has 2 heterocycles. The lowest BCUT2D eigenvalue weighted by Crippen LogP contribution is -2.37. The standard InChI is InChI=1S/C21H19BrN4O3S/c22-17-6-8-21(9-7-17)30(28,29)26-11-10-20(27)13-19(26)12-18-15-25(24-23-18)14-16-4-2-1-3-5-16/h1-9,12,15H,10-11,13-14H2. The Bertz CT molecular complexity index is 1190. The van der Waals surface area contributed by atoms with Crippen LogP contribution in [0, 0.1) is 0 Å². The van der Waals surface area contributed by atoms with Crippen molar-refractivity contribution in [3.63, 3.8) is 0 Å². The van der Waals surface area contributed by atoms with Gasteiger partial charge in [0.15, 0.2) is 0 Å². The van der Waals surface area contributed by atoms with Crippen LogP contribution in [0.2, 0.25) is 0 Å². The predicted molar refractivity (Wildman–Crippen MR) is 116 cm³/mol. The lowest BCUT2D eigenvalue weighted by Gasteiger charge is -2.30. The average molecular weight is 487 g/mol. The van der Waals surface area contributed by atoms with Gasteiger partial charge in [0, 0.05) is 29.6 Å². The second-order valence-corrected chi connectivity index (χ2v) is 9.74. The van der Waals surface area contributed by atoms with Crippen molar-refractivity contribution in [2.75, 3.05) is 6.54 Å². The number of carbonyl (C=O) groups excluding carboxylic acids is 1. The molecule has 3 aromatic rings. The van der Waals surface area contributed by atoms with Gasteiger partial charge in [-0.15, -0.1) is 5.10 Å². The van der Waals surface area contributed by atoms with Gasteiger partial charge in [-0.25, -0.2) is 13.1 Å². The van der Waals surface area contributed by atoms with Crippen LogP contribution in [-0.4, -0.2) is 40.0 Å². The van der Waals surface area contributed by atoms with Crippen LogP contribution < -0.4 is 0 Å². The number of aromatic nitrogens is 3. The average Bonchev–Trinajstić information content (AvgIpc) is 3.15. The molecule has 0 radical (unpaired) electrons. The Morgan fingerprint density at radius 2 is 1.80 bits per heavy atom. The normalized spacial score (nSPS) is 16.2. The van der Waals surface area contributed by atoms with Crippen molar-refractivity contribution in [1.82, 2.24) is 19.3 Å². The van der Waals surface area contributed by atoms with Crippen LogP contribution in [0.25, 0.3) is 6.08 Å². The van der Waals surface area contributed by atoms with Crippen LogP contribution in [0.5, 0.6) is 0 Å². The molecule has 154 valence electrons. The molecule has 7 nitrogen and oxygen atoms in total. The van der Waals surface area contributed by atoms with Gasteiger partial charge < -0.3 is 0 Å². The lowest BCUT2D eigenvalue weighted by molar-refractivity contribution is -0.119. The highest BCUT2D eigenvalue weighted by Gasteiger charge is 2.31. The molecule has 1 aromatic heterocycles. The van der Waals surface area contributed by atoms with Crippen LogP contribution >= 0.6 is 15.9 Å². The van der Waals surface area contributed by atoms with E-state index >= 15 is 0 Å². The first kappa shape index (κ1) is 20.5. The maximum absolute atomic E-state index is 13.2. The van der Waals surface area contributed by atoms with Gasteiger partial charge in [-0.05, 0) is 35.9 Å². The summed E-state index contributed by atoms with van der Waals surface area (Å²) in [4.78, 5) is 12.2. The quantitative estimate of drug-likeness (QED) is 0.550. The number of nitrogens with zero attached hydrogens (tertiary/aromatic N) is 4. The third-order valence-electron chi connectivity index (χ3n) is 4.75. The topological polar surface area (TPSA) is 85.2 Å². The Hall–Kier alpha value is -2.78. The Balaban J connectivity index is 1.62. The maximum Gasteiger partial charge on any atom is 0.264 e. The molecule has 0 unspecified atom stereocenters. The van der Waals surface area contributed by atoms with Crippen molar-refractivity contribution in [1.29, 1.82) is 0 Å². The van der Waals surface area contributed by atoms with Gasteiger partial charge in [0.2, 0.25) is 0 Å². The van der Waals surface area contributed by atoms with E-state index in [1.54, 1.807) is 41.2 Å². The van der Waals surface area contributed by atoms with Gasteiger partial charge in [-0.2, -0.15) is 0 Å². The largest absolute Gasteiger partial charge is 0.299 e. The fourth-order valence-corrected chi connectivity index (χ4v) is 5.03. The van der Waals surface area contributed by atoms with Crippen molar-refractivity contribution in [3.8, 4) is 0 Å². The van der Waals surface area contributed by atoms with Crippen molar-refractivity contribution in [2.24, 2.45) is 0 Å². The molecule has 1 saturated heterocycles. The van der Waals surface area contributed by atoms with Crippen molar-refractivity contribution >= 4 is 37.8 Å². The maximum atomic E-state index is 13.2. The van der Waals surface area contributed by atoms with E-state index < -0.39 is 10.0 Å². The Labute approximate surface area is 183 Å². The zero-order chi connectivity index (χ0) is 21.1. The van der Waals surface area contributed by atoms with E-state index in [0.717, 1.165) is 10.0 Å². The van der Waals surface area contributed by atoms with E-state index in [4.69, 9.17) is 0 Å². The summed E-state index contributed by atoms with van der Waals surface area (Å²) in [5, 5.41) is 8.24. The fraction of sp³-hybridized carbons (Fsp3) is 0.190. The van der Waals surface area contributed by atoms with Gasteiger partial charge in [0.05, 0.1) is 17.6 Å². The molecule has 4 rings (SSSR count). The fourth-order valence-electron chi connectivity index (χ4n) is 3.28. The number of piperidine rings is 1. The number of ketones is 1. The van der Waals surface area contributed by atoms with Gasteiger partial charge in [0.1, 0.15) is 11.5 Å². The molecule has 0 N–H and O–H groups in total. The Kier molecular flexibility index (Phi) is 5.83. The molecular weight excluding hydrogens is 468 g/mol. The third-order valence-corrected chi connectivity index (χ3v) is 7.15. The molecule has 0 atom stereocenters. The number of Topliss-reactive ketones (excluding diaryl/α,β-unsaturated/α-hetero) is 1. The molecule has 30 heavy (non-hydrogen) atoms. The molecule has 0 saturated carbocycles. The highest BCUT2D eigenvalue weighted by Crippen LogP contribution is 2.28. The lowest BCUT2D eigenvalue weighted by atomic mass is 10.1. The first-order chi connectivity index (χ1) is 14.4. The van der Waals surface area contributed by atoms with Crippen LogP contribution in [-0.2, 0) is 21.4 Å². The van der Waals surface area contributed by atoms with E-state index in [-0.39, 0.29) is 30.1 Å². The van der Waals surface area contributed by atoms with Gasteiger partial charge in [-0.1, -0.05) is 51.5 Å². The number of allylic oxidation sites excluding steroid dienone is 1. The molecule has 0 spiro atoms. The van der Waals surface area contributed by atoms with Crippen molar-refractivity contribution in [2.45, 2.75) is 24.3 Å². The third kappa shape index (κ3) is 4.52. The summed E-state index contributed by atoms with van der Waals surface area (Å²) in [5.74, 6) is 0.000170. The first-order valence-electron chi connectivity index (χ1n) is 9.36. The number of hydrogen-bond acceptors (Lipinski definition) is 5. The number of carbonyl (C=O) groups is 1. The monoisotopic (exact) mass is 486 g/mol. The SMILES string of the molecule is O=C1CCN(S(=O)(=O)c2ccc(Br)cc2)C(=Cc2cn(Cc3ccccc3)nn2)C1. The number of sulfonamides is 1. The summed E-state index contributed by atoms with van der Waals surface area (Å²) < 4.78 is 30.1. The zero-order valence-electron chi connectivity index (χ0n) is 16.0. The Morgan fingerprint density at radius 3 is 2.53 bits per heavy atom. The van der Waals surface area contributed by atoms with Crippen LogP contribution in [0.1, 0.15) is 24.1 Å². The highest BCUT2D eigenvalue weighted by atomic mass is 79.9. The van der Waals surface area contributed by atoms with E-state index in [0.29, 0.717) is 17.9 Å². The van der Waals surface area contributed by atoms with Gasteiger partial charge in [0.25, 0.3) is 10.0 Å². The highest BCUT2D eigenvalue weighted by molar-refractivity contribution is 9.10. The van der Waals surface area contributed by atoms with E-state index in [1.807, 2.05) is 30.3 Å². The molecule has 9 heteroatoms. The molecule has 1 aliphatic rings. The summed E-state index contributed by atoms with van der Waals surface area (Å²) in [6.45, 7) is 0.665. The van der Waals surface area contributed by atoms with Crippen LogP contribution in [0.4, 0.5) is 0 Å². The summed E-state index contributed by atoms with van der Waals surface area (Å²) in [6, 6.07) is 16.3. The smallest absolute Gasteiger partial charge is 0.264 e. The second kappa shape index (κ2) is 8.53. The van der Waals surface area contributed by atoms with Crippen molar-refractivity contribution < 1.29 is 13.2 Å². The Morgan fingerprint density at radius 1 is 1.07 bits per heavy atom. The molecule has 1 aliphatic heterocycles. The number of hydrogen-bond donors (Lipinski definition) is 0. The minimum Gasteiger partial charge on any atom is -0.299 e. The van der Waals surface area contributed by atoms with Crippen molar-refractivity contribution in [3.05, 3.63) is 82.2 Å². The number of rotatable bonds is 5. The van der Waals surface area contributed by atoms with Crippen LogP contribution in [0.3, 0.4) is 0 Å². The van der Waals surface area contributed by atoms with Gasteiger partial charge >= 0.3 is 0 Å². The zero-order valence-corrected chi connectivity index (χ0v) is 18.4. The first-order valence-corrected chi connectivity index (χ1v) is 11.6. The molecule has 2 aromatic carbocycles. The summed E-state index contributed by atoms with van der Waals surface area (Å²) >= 11 is 3.32. The summed E-state index contributed by atoms with van der Waals surface area (Å²) in [5.41, 5.74) is 1.99. The van der Waals surface area contributed by atoms with Crippen LogP contribution in [0.15, 0.2) is 75.9 Å². The van der Waals surface area contributed by atoms with E-state index in [2.05, 4.69) is 26.2 Å². The molecule has 0 amide bonds. The molecule has 0 aliphatic carbocycles. The molecular formula is C21H19BrN4O3S. The summed E-state index contributed by atoms with van der Waals surface area (Å²) in [7, 11) is -3.78. The van der Waals surface area contributed by atoms with E-state index in [9.17, 15) is 13.2 Å². The number of benzene rings is 2. The minimum atomic E-state index is -3.78. The number of halogens is 1. The van der Waals surface area contributed by atoms with Gasteiger partial charge in [-0.3, -0.25) is 9.10 Å². The van der Waals surface area contributed by atoms with E-state index in [1.165, 1.54) is 4.31 Å². The minimum absolute atomic E-state index is 0.000170. The predicted octanol–water partition coefficient (Wildman–Crippen LogP) is 3.48. The molecule has 0 bridgehead atoms. The summed E-state index contributed by atoms with van der Waals surface area (Å²) in [6.07, 6.45) is 3.60. The second-order valence-electron chi connectivity index (χ2n) is 6.96. The molecule has 1 fully saturated rings.